The molecule has 0 saturated carbocycles. The lowest BCUT2D eigenvalue weighted by atomic mass is 9.85. The average molecular weight is 421 g/mol. The Morgan fingerprint density at radius 3 is 2.30 bits per heavy atom. The van der Waals surface area contributed by atoms with Crippen molar-refractivity contribution in [3.63, 3.8) is 0 Å². The molecule has 1 heterocycles. The van der Waals surface area contributed by atoms with E-state index < -0.39 is 16.1 Å². The van der Waals surface area contributed by atoms with E-state index in [1.165, 1.54) is 0 Å². The van der Waals surface area contributed by atoms with E-state index in [4.69, 9.17) is 0 Å². The van der Waals surface area contributed by atoms with E-state index in [2.05, 4.69) is 9.71 Å². The van der Waals surface area contributed by atoms with Gasteiger partial charge in [0.05, 0.1) is 17.5 Å². The highest BCUT2D eigenvalue weighted by molar-refractivity contribution is 7.89. The summed E-state index contributed by atoms with van der Waals surface area (Å²) in [4.78, 5) is 3.44. The number of benzene rings is 3. The van der Waals surface area contributed by atoms with Crippen LogP contribution in [-0.4, -0.2) is 31.2 Å². The summed E-state index contributed by atoms with van der Waals surface area (Å²) in [6.45, 7) is 1.56. The fraction of sp³-hybridized carbons (Fsp3) is 0.167. The van der Waals surface area contributed by atoms with Crippen LogP contribution in [0.4, 0.5) is 0 Å². The minimum absolute atomic E-state index is 0.178. The van der Waals surface area contributed by atoms with Crippen LogP contribution < -0.4 is 4.72 Å². The van der Waals surface area contributed by atoms with Gasteiger partial charge in [0.1, 0.15) is 0 Å². The molecule has 3 aromatic carbocycles. The molecular weight excluding hydrogens is 396 g/mol. The van der Waals surface area contributed by atoms with Gasteiger partial charge in [-0.25, -0.2) is 13.1 Å². The fourth-order valence-corrected chi connectivity index (χ4v) is 5.08. The van der Waals surface area contributed by atoms with Crippen molar-refractivity contribution in [2.45, 2.75) is 23.8 Å². The Kier molecular flexibility index (Phi) is 5.72. The number of aryl methyl sites for hydroxylation is 1. The second-order valence-electron chi connectivity index (χ2n) is 7.40. The maximum absolute atomic E-state index is 13.1. The molecule has 1 aromatic heterocycles. The van der Waals surface area contributed by atoms with Crippen LogP contribution >= 0.6 is 0 Å². The van der Waals surface area contributed by atoms with E-state index in [0.29, 0.717) is 0 Å². The van der Waals surface area contributed by atoms with E-state index in [1.807, 2.05) is 67.7 Å². The van der Waals surface area contributed by atoms with Gasteiger partial charge in [-0.05, 0) is 36.2 Å². The Morgan fingerprint density at radius 2 is 1.60 bits per heavy atom. The number of rotatable bonds is 7. The molecule has 2 atom stereocenters. The van der Waals surface area contributed by atoms with Crippen LogP contribution in [0.5, 0.6) is 0 Å². The van der Waals surface area contributed by atoms with Crippen LogP contribution in [0.3, 0.4) is 0 Å². The van der Waals surface area contributed by atoms with Crippen molar-refractivity contribution in [2.75, 3.05) is 6.61 Å². The van der Waals surface area contributed by atoms with Crippen molar-refractivity contribution in [3.8, 4) is 0 Å². The predicted molar refractivity (Wildman–Crippen MR) is 119 cm³/mol. The lowest BCUT2D eigenvalue weighted by molar-refractivity contribution is 0.246. The van der Waals surface area contributed by atoms with Gasteiger partial charge in [0.2, 0.25) is 10.0 Å². The minimum atomic E-state index is -3.81. The molecule has 0 aliphatic carbocycles. The smallest absolute Gasteiger partial charge is 0.240 e. The van der Waals surface area contributed by atoms with Gasteiger partial charge >= 0.3 is 0 Å². The Labute approximate surface area is 176 Å². The average Bonchev–Trinajstić information content (AvgIpc) is 3.18. The number of para-hydroxylation sites is 1. The molecule has 0 saturated heterocycles. The summed E-state index contributed by atoms with van der Waals surface area (Å²) in [5, 5.41) is 11.2. The molecular formula is C24H24N2O3S. The Morgan fingerprint density at radius 1 is 0.933 bits per heavy atom. The van der Waals surface area contributed by atoms with Crippen molar-refractivity contribution in [3.05, 3.63) is 102 Å². The third-order valence-electron chi connectivity index (χ3n) is 5.35. The quantitative estimate of drug-likeness (QED) is 0.423. The molecule has 0 radical (unpaired) electrons. The number of nitrogens with one attached hydrogen (secondary N) is 2. The van der Waals surface area contributed by atoms with Crippen LogP contribution in [0.25, 0.3) is 10.9 Å². The second-order valence-corrected chi connectivity index (χ2v) is 9.12. The van der Waals surface area contributed by atoms with E-state index in [-0.39, 0.29) is 17.4 Å². The third-order valence-corrected chi connectivity index (χ3v) is 6.86. The molecule has 3 N–H and O–H groups in total. The highest BCUT2D eigenvalue weighted by Crippen LogP contribution is 2.34. The molecule has 0 aliphatic heterocycles. The van der Waals surface area contributed by atoms with Crippen molar-refractivity contribution < 1.29 is 13.5 Å². The molecule has 0 amide bonds. The molecule has 5 nitrogen and oxygen atoms in total. The SMILES string of the molecule is Cc1ccc(S(=O)(=O)NC(CO)C(c2ccccc2)c2c[nH]c3ccccc23)cc1. The standard InChI is InChI=1S/C24H24N2O3S/c1-17-11-13-19(14-12-17)30(28,29)26-23(16-27)24(18-7-3-2-4-8-18)21-15-25-22-10-6-5-9-20(21)22/h2-15,23-27H,16H2,1H3. The first-order chi connectivity index (χ1) is 14.5. The second kappa shape index (κ2) is 8.44. The Balaban J connectivity index is 1.78. The van der Waals surface area contributed by atoms with Gasteiger partial charge in [0.15, 0.2) is 0 Å². The molecule has 154 valence electrons. The van der Waals surface area contributed by atoms with Gasteiger partial charge < -0.3 is 10.1 Å². The van der Waals surface area contributed by atoms with Crippen LogP contribution in [0.1, 0.15) is 22.6 Å². The van der Waals surface area contributed by atoms with E-state index in [0.717, 1.165) is 27.6 Å². The summed E-state index contributed by atoms with van der Waals surface area (Å²) in [6, 6.07) is 23.5. The zero-order chi connectivity index (χ0) is 21.1. The zero-order valence-electron chi connectivity index (χ0n) is 16.6. The number of hydrogen-bond donors (Lipinski definition) is 3. The lowest BCUT2D eigenvalue weighted by Gasteiger charge is -2.27. The summed E-state index contributed by atoms with van der Waals surface area (Å²) in [5.41, 5.74) is 3.80. The van der Waals surface area contributed by atoms with Crippen molar-refractivity contribution in [1.29, 1.82) is 0 Å². The molecule has 0 fully saturated rings. The highest BCUT2D eigenvalue weighted by Gasteiger charge is 2.30. The molecule has 4 rings (SSSR count). The van der Waals surface area contributed by atoms with E-state index >= 15 is 0 Å². The number of H-pyrrole nitrogens is 1. The van der Waals surface area contributed by atoms with Gasteiger partial charge in [0, 0.05) is 23.0 Å². The molecule has 4 aromatic rings. The number of aliphatic hydroxyl groups excluding tert-OH is 1. The number of aromatic nitrogens is 1. The minimum Gasteiger partial charge on any atom is -0.395 e. The number of fused-ring (bicyclic) bond motifs is 1. The fourth-order valence-electron chi connectivity index (χ4n) is 3.84. The largest absolute Gasteiger partial charge is 0.395 e. The van der Waals surface area contributed by atoms with Crippen molar-refractivity contribution in [1.82, 2.24) is 9.71 Å². The monoisotopic (exact) mass is 420 g/mol. The van der Waals surface area contributed by atoms with Gasteiger partial charge in [-0.2, -0.15) is 0 Å². The highest BCUT2D eigenvalue weighted by atomic mass is 32.2. The Bertz CT molecular complexity index is 1230. The molecule has 2 unspecified atom stereocenters. The molecule has 0 spiro atoms. The first-order valence-electron chi connectivity index (χ1n) is 9.80. The number of aliphatic hydroxyl groups is 1. The predicted octanol–water partition coefficient (Wildman–Crippen LogP) is 3.95. The summed E-state index contributed by atoms with van der Waals surface area (Å²) in [5.74, 6) is -0.368. The van der Waals surface area contributed by atoms with Crippen LogP contribution in [-0.2, 0) is 10.0 Å². The summed E-state index contributed by atoms with van der Waals surface area (Å²) < 4.78 is 28.8. The normalized spacial score (nSPS) is 13.9. The zero-order valence-corrected chi connectivity index (χ0v) is 17.4. The van der Waals surface area contributed by atoms with Crippen LogP contribution in [0, 0.1) is 6.92 Å². The van der Waals surface area contributed by atoms with E-state index in [9.17, 15) is 13.5 Å². The maximum Gasteiger partial charge on any atom is 0.240 e. The molecule has 0 aliphatic rings. The van der Waals surface area contributed by atoms with Crippen molar-refractivity contribution >= 4 is 20.9 Å². The summed E-state index contributed by atoms with van der Waals surface area (Å²) in [6.07, 6.45) is 1.89. The first-order valence-corrected chi connectivity index (χ1v) is 11.3. The van der Waals surface area contributed by atoms with Gasteiger partial charge in [-0.15, -0.1) is 0 Å². The van der Waals surface area contributed by atoms with Crippen LogP contribution in [0.15, 0.2) is 90.0 Å². The lowest BCUT2D eigenvalue weighted by Crippen LogP contribution is -2.42. The van der Waals surface area contributed by atoms with Crippen LogP contribution in [0.2, 0.25) is 0 Å². The third kappa shape index (κ3) is 4.03. The summed E-state index contributed by atoms with van der Waals surface area (Å²) in [7, 11) is -3.81. The van der Waals surface area contributed by atoms with Gasteiger partial charge in [-0.3, -0.25) is 0 Å². The molecule has 6 heteroatoms. The molecule has 0 bridgehead atoms. The maximum atomic E-state index is 13.1. The number of aromatic amines is 1. The van der Waals surface area contributed by atoms with Crippen molar-refractivity contribution in [2.24, 2.45) is 0 Å². The first kappa shape index (κ1) is 20.3. The molecule has 30 heavy (non-hydrogen) atoms. The van der Waals surface area contributed by atoms with Gasteiger partial charge in [-0.1, -0.05) is 66.2 Å². The topological polar surface area (TPSA) is 82.2 Å². The Hall–Kier alpha value is -2.93. The van der Waals surface area contributed by atoms with E-state index in [1.54, 1.807) is 24.3 Å². The van der Waals surface area contributed by atoms with Gasteiger partial charge in [0.25, 0.3) is 0 Å². The number of sulfonamides is 1. The summed E-state index contributed by atoms with van der Waals surface area (Å²) >= 11 is 0. The number of hydrogen-bond acceptors (Lipinski definition) is 3.